The van der Waals surface area contributed by atoms with Gasteiger partial charge in [0.2, 0.25) is 5.91 Å². The van der Waals surface area contributed by atoms with E-state index in [1.807, 2.05) is 30.3 Å². The van der Waals surface area contributed by atoms with Gasteiger partial charge in [0.15, 0.2) is 5.69 Å². The third kappa shape index (κ3) is 4.27. The minimum atomic E-state index is -4.51. The van der Waals surface area contributed by atoms with Gasteiger partial charge in [0.1, 0.15) is 5.54 Å². The normalized spacial score (nSPS) is 12.1. The van der Waals surface area contributed by atoms with Crippen molar-refractivity contribution in [3.8, 4) is 0 Å². The number of nitrogens with zero attached hydrogens (tertiary/aromatic N) is 2. The number of hydrogen-bond acceptors (Lipinski definition) is 3. The lowest BCUT2D eigenvalue weighted by atomic mass is 10.0. The van der Waals surface area contributed by atoms with E-state index >= 15 is 0 Å². The van der Waals surface area contributed by atoms with Crippen LogP contribution in [0.25, 0.3) is 0 Å². The van der Waals surface area contributed by atoms with Crippen molar-refractivity contribution in [1.29, 1.82) is 0 Å². The highest BCUT2D eigenvalue weighted by atomic mass is 19.4. The molecule has 8 heteroatoms. The number of hydrogen-bond donors (Lipinski definition) is 2. The van der Waals surface area contributed by atoms with Gasteiger partial charge in [-0.1, -0.05) is 18.2 Å². The zero-order valence-corrected chi connectivity index (χ0v) is 13.6. The molecule has 1 heterocycles. The van der Waals surface area contributed by atoms with Gasteiger partial charge in [-0.3, -0.25) is 9.48 Å². The molecule has 5 nitrogen and oxygen atoms in total. The molecule has 0 aliphatic carbocycles. The van der Waals surface area contributed by atoms with Crippen LogP contribution in [-0.4, -0.2) is 21.2 Å². The summed E-state index contributed by atoms with van der Waals surface area (Å²) >= 11 is 0. The minimum Gasteiger partial charge on any atom is -0.372 e. The molecule has 0 saturated heterocycles. The van der Waals surface area contributed by atoms with Crippen LogP contribution in [0.3, 0.4) is 0 Å². The quantitative estimate of drug-likeness (QED) is 0.880. The number of nitrogens with one attached hydrogen (secondary N) is 2. The molecular formula is C16H19F3N4O. The summed E-state index contributed by atoms with van der Waals surface area (Å²) in [6.07, 6.45) is -4.51. The Hall–Kier alpha value is -2.51. The zero-order valence-electron chi connectivity index (χ0n) is 13.6. The molecule has 0 aliphatic rings. The molecule has 0 aliphatic heterocycles. The number of amides is 1. The van der Waals surface area contributed by atoms with E-state index < -0.39 is 17.4 Å². The number of anilines is 1. The second kappa shape index (κ2) is 6.54. The molecule has 1 aromatic carbocycles. The largest absolute Gasteiger partial charge is 0.435 e. The second-order valence-corrected chi connectivity index (χ2v) is 5.94. The Morgan fingerprint density at radius 2 is 1.83 bits per heavy atom. The first-order chi connectivity index (χ1) is 11.1. The number of para-hydroxylation sites is 1. The maximum Gasteiger partial charge on any atom is 0.435 e. The number of aryl methyl sites for hydroxylation is 1. The predicted molar refractivity (Wildman–Crippen MR) is 84.2 cm³/mol. The van der Waals surface area contributed by atoms with Crippen LogP contribution in [0.5, 0.6) is 0 Å². The highest BCUT2D eigenvalue weighted by Gasteiger charge is 2.34. The van der Waals surface area contributed by atoms with Crippen molar-refractivity contribution in [2.24, 2.45) is 7.05 Å². The zero-order chi connectivity index (χ0) is 18.0. The monoisotopic (exact) mass is 340 g/mol. The molecule has 130 valence electrons. The maximum absolute atomic E-state index is 12.6. The van der Waals surface area contributed by atoms with Crippen LogP contribution in [0, 0.1) is 0 Å². The lowest BCUT2D eigenvalue weighted by Crippen LogP contribution is -2.47. The third-order valence-electron chi connectivity index (χ3n) is 3.50. The first-order valence-electron chi connectivity index (χ1n) is 7.31. The number of aromatic nitrogens is 2. The summed E-state index contributed by atoms with van der Waals surface area (Å²) < 4.78 is 39.0. The molecule has 24 heavy (non-hydrogen) atoms. The molecule has 2 aromatic rings. The summed E-state index contributed by atoms with van der Waals surface area (Å²) in [5.74, 6) is -0.332. The summed E-state index contributed by atoms with van der Waals surface area (Å²) in [5, 5.41) is 9.13. The lowest BCUT2D eigenvalue weighted by molar-refractivity contribution is -0.141. The second-order valence-electron chi connectivity index (χ2n) is 5.94. The predicted octanol–water partition coefficient (Wildman–Crippen LogP) is 2.95. The number of benzene rings is 1. The van der Waals surface area contributed by atoms with Crippen LogP contribution in [0.2, 0.25) is 0 Å². The molecule has 0 unspecified atom stereocenters. The molecule has 0 radical (unpaired) electrons. The summed E-state index contributed by atoms with van der Waals surface area (Å²) in [4.78, 5) is 12.3. The number of rotatable bonds is 5. The van der Waals surface area contributed by atoms with Gasteiger partial charge in [0.25, 0.3) is 0 Å². The molecule has 0 fully saturated rings. The van der Waals surface area contributed by atoms with Crippen LogP contribution >= 0.6 is 0 Å². The van der Waals surface area contributed by atoms with E-state index in [4.69, 9.17) is 0 Å². The van der Waals surface area contributed by atoms with Gasteiger partial charge in [-0.15, -0.1) is 0 Å². The molecular weight excluding hydrogens is 321 g/mol. The van der Waals surface area contributed by atoms with E-state index in [1.165, 1.54) is 7.05 Å². The van der Waals surface area contributed by atoms with E-state index in [1.54, 1.807) is 13.8 Å². The van der Waals surface area contributed by atoms with Gasteiger partial charge in [-0.05, 0) is 32.0 Å². The molecule has 0 spiro atoms. The van der Waals surface area contributed by atoms with Gasteiger partial charge in [0.05, 0.1) is 12.2 Å². The van der Waals surface area contributed by atoms with Gasteiger partial charge < -0.3 is 10.6 Å². The van der Waals surface area contributed by atoms with E-state index in [0.717, 1.165) is 16.4 Å². The minimum absolute atomic E-state index is 0.0433. The standard InChI is InChI=1S/C16H19F3N4O/c1-15(2,21-11-7-5-4-6-8-11)14(24)20-10-12-9-13(16(17,18)19)22-23(12)3/h4-9,21H,10H2,1-3H3,(H,20,24). The van der Waals surface area contributed by atoms with Gasteiger partial charge in [-0.25, -0.2) is 0 Å². The van der Waals surface area contributed by atoms with Crippen molar-refractivity contribution in [3.63, 3.8) is 0 Å². The number of carbonyl (C=O) groups excluding carboxylic acids is 1. The average Bonchev–Trinajstić information content (AvgIpc) is 2.86. The fraction of sp³-hybridized carbons (Fsp3) is 0.375. The van der Waals surface area contributed by atoms with Crippen molar-refractivity contribution in [1.82, 2.24) is 15.1 Å². The third-order valence-corrected chi connectivity index (χ3v) is 3.50. The Bertz CT molecular complexity index is 708. The number of alkyl halides is 3. The molecule has 0 atom stereocenters. The molecule has 1 aromatic heterocycles. The van der Waals surface area contributed by atoms with Crippen molar-refractivity contribution >= 4 is 11.6 Å². The van der Waals surface area contributed by atoms with Crippen molar-refractivity contribution in [3.05, 3.63) is 47.8 Å². The number of halogens is 3. The fourth-order valence-corrected chi connectivity index (χ4v) is 2.14. The van der Waals surface area contributed by atoms with Crippen LogP contribution in [0.1, 0.15) is 25.2 Å². The maximum atomic E-state index is 12.6. The molecule has 0 saturated carbocycles. The fourth-order valence-electron chi connectivity index (χ4n) is 2.14. The molecule has 0 bridgehead atoms. The molecule has 2 rings (SSSR count). The Kier molecular flexibility index (Phi) is 4.86. The van der Waals surface area contributed by atoms with E-state index in [9.17, 15) is 18.0 Å². The van der Waals surface area contributed by atoms with Crippen LogP contribution < -0.4 is 10.6 Å². The molecule has 2 N–H and O–H groups in total. The van der Waals surface area contributed by atoms with E-state index in [2.05, 4.69) is 15.7 Å². The summed E-state index contributed by atoms with van der Waals surface area (Å²) in [6.45, 7) is 3.34. The highest BCUT2D eigenvalue weighted by molar-refractivity contribution is 5.88. The van der Waals surface area contributed by atoms with E-state index in [0.29, 0.717) is 0 Å². The van der Waals surface area contributed by atoms with Crippen LogP contribution in [0.4, 0.5) is 18.9 Å². The lowest BCUT2D eigenvalue weighted by Gasteiger charge is -2.26. The summed E-state index contributed by atoms with van der Waals surface area (Å²) in [7, 11) is 1.41. The van der Waals surface area contributed by atoms with Gasteiger partial charge >= 0.3 is 6.18 Å². The summed E-state index contributed by atoms with van der Waals surface area (Å²) in [5.41, 5.74) is -0.855. The van der Waals surface area contributed by atoms with Crippen molar-refractivity contribution in [2.45, 2.75) is 32.1 Å². The van der Waals surface area contributed by atoms with Gasteiger partial charge in [0, 0.05) is 12.7 Å². The van der Waals surface area contributed by atoms with Crippen LogP contribution in [-0.2, 0) is 24.6 Å². The first-order valence-corrected chi connectivity index (χ1v) is 7.31. The Labute approximate surface area is 137 Å². The Balaban J connectivity index is 2.01. The van der Waals surface area contributed by atoms with Crippen molar-refractivity contribution in [2.75, 3.05) is 5.32 Å². The van der Waals surface area contributed by atoms with Crippen LogP contribution in [0.15, 0.2) is 36.4 Å². The molecule has 1 amide bonds. The Morgan fingerprint density at radius 1 is 1.21 bits per heavy atom. The van der Waals surface area contributed by atoms with E-state index in [-0.39, 0.29) is 18.1 Å². The highest BCUT2D eigenvalue weighted by Crippen LogP contribution is 2.28. The number of carbonyl (C=O) groups is 1. The topological polar surface area (TPSA) is 59.0 Å². The Morgan fingerprint density at radius 3 is 2.38 bits per heavy atom. The SMILES string of the molecule is Cn1nc(C(F)(F)F)cc1CNC(=O)C(C)(C)Nc1ccccc1. The van der Waals surface area contributed by atoms with Crippen molar-refractivity contribution < 1.29 is 18.0 Å². The summed E-state index contributed by atoms with van der Waals surface area (Å²) in [6, 6.07) is 10.1. The smallest absolute Gasteiger partial charge is 0.372 e. The van der Waals surface area contributed by atoms with Gasteiger partial charge in [-0.2, -0.15) is 18.3 Å². The average molecular weight is 340 g/mol. The first kappa shape index (κ1) is 17.8.